The maximum atomic E-state index is 8.90. The molecule has 6 heteroatoms. The zero-order valence-electron chi connectivity index (χ0n) is 9.59. The molecule has 0 amide bonds. The number of nitriles is 1. The van der Waals surface area contributed by atoms with E-state index in [1.165, 1.54) is 0 Å². The molecular formula is C13H7ClN4S. The maximum absolute atomic E-state index is 8.90. The van der Waals surface area contributed by atoms with Gasteiger partial charge in [-0.1, -0.05) is 17.7 Å². The van der Waals surface area contributed by atoms with Crippen LogP contribution in [0.15, 0.2) is 36.4 Å². The van der Waals surface area contributed by atoms with Crippen LogP contribution in [0.2, 0.25) is 5.02 Å². The summed E-state index contributed by atoms with van der Waals surface area (Å²) in [6, 6.07) is 12.9. The van der Waals surface area contributed by atoms with Crippen LogP contribution in [0.4, 0.5) is 11.4 Å². The number of anilines is 2. The fraction of sp³-hybridized carbons (Fsp3) is 0. The Kier molecular flexibility index (Phi) is 3.03. The molecule has 19 heavy (non-hydrogen) atoms. The van der Waals surface area contributed by atoms with Crippen molar-refractivity contribution in [2.24, 2.45) is 0 Å². The van der Waals surface area contributed by atoms with Crippen molar-refractivity contribution in [2.75, 3.05) is 5.32 Å². The minimum absolute atomic E-state index is 0.572. The highest BCUT2D eigenvalue weighted by Gasteiger charge is 2.10. The van der Waals surface area contributed by atoms with Crippen molar-refractivity contribution in [2.45, 2.75) is 0 Å². The minimum Gasteiger partial charge on any atom is -0.352 e. The lowest BCUT2D eigenvalue weighted by atomic mass is 10.2. The molecular weight excluding hydrogens is 280 g/mol. The second-order valence-electron chi connectivity index (χ2n) is 3.87. The molecule has 1 aromatic heterocycles. The van der Waals surface area contributed by atoms with Gasteiger partial charge >= 0.3 is 0 Å². The van der Waals surface area contributed by atoms with Crippen LogP contribution in [0.3, 0.4) is 0 Å². The van der Waals surface area contributed by atoms with Gasteiger partial charge in [0.25, 0.3) is 0 Å². The normalized spacial score (nSPS) is 10.3. The number of hydrogen-bond acceptors (Lipinski definition) is 5. The van der Waals surface area contributed by atoms with Gasteiger partial charge in [-0.05, 0) is 30.3 Å². The molecule has 0 radical (unpaired) electrons. The van der Waals surface area contributed by atoms with Crippen molar-refractivity contribution in [3.05, 3.63) is 47.0 Å². The summed E-state index contributed by atoms with van der Waals surface area (Å²) in [6.45, 7) is 0. The van der Waals surface area contributed by atoms with Gasteiger partial charge in [0.05, 0.1) is 34.1 Å². The van der Waals surface area contributed by atoms with Gasteiger partial charge in [-0.2, -0.15) is 14.0 Å². The Bertz CT molecular complexity index is 791. The van der Waals surface area contributed by atoms with Gasteiger partial charge in [-0.3, -0.25) is 0 Å². The van der Waals surface area contributed by atoms with E-state index in [1.54, 1.807) is 18.2 Å². The van der Waals surface area contributed by atoms with Crippen molar-refractivity contribution >= 4 is 45.7 Å². The average molecular weight is 287 g/mol. The van der Waals surface area contributed by atoms with Gasteiger partial charge in [0.15, 0.2) is 0 Å². The number of halogens is 1. The number of hydrogen-bond donors (Lipinski definition) is 1. The van der Waals surface area contributed by atoms with Gasteiger partial charge in [0.1, 0.15) is 11.0 Å². The molecule has 1 heterocycles. The molecule has 4 nitrogen and oxygen atoms in total. The molecule has 0 saturated heterocycles. The van der Waals surface area contributed by atoms with Gasteiger partial charge in [0, 0.05) is 5.69 Å². The predicted molar refractivity (Wildman–Crippen MR) is 76.9 cm³/mol. The third kappa shape index (κ3) is 2.24. The van der Waals surface area contributed by atoms with Crippen LogP contribution >= 0.6 is 23.3 Å². The molecule has 92 valence electrons. The Balaban J connectivity index is 2.07. The van der Waals surface area contributed by atoms with Crippen molar-refractivity contribution in [1.29, 1.82) is 5.26 Å². The first-order valence-corrected chi connectivity index (χ1v) is 6.57. The fourth-order valence-electron chi connectivity index (χ4n) is 1.76. The SMILES string of the molecule is N#Cc1cccc(Nc2c(Cl)ccc3nsnc23)c1. The molecule has 0 bridgehead atoms. The molecule has 1 N–H and O–H groups in total. The summed E-state index contributed by atoms with van der Waals surface area (Å²) in [6.07, 6.45) is 0. The van der Waals surface area contributed by atoms with E-state index in [0.717, 1.165) is 28.4 Å². The largest absolute Gasteiger partial charge is 0.352 e. The highest BCUT2D eigenvalue weighted by molar-refractivity contribution is 7.00. The topological polar surface area (TPSA) is 61.6 Å². The second kappa shape index (κ2) is 4.84. The number of nitrogens with one attached hydrogen (secondary N) is 1. The molecule has 0 unspecified atom stereocenters. The van der Waals surface area contributed by atoms with Crippen LogP contribution in [-0.2, 0) is 0 Å². The van der Waals surface area contributed by atoms with Crippen molar-refractivity contribution in [3.8, 4) is 6.07 Å². The van der Waals surface area contributed by atoms with E-state index in [4.69, 9.17) is 16.9 Å². The quantitative estimate of drug-likeness (QED) is 0.774. The van der Waals surface area contributed by atoms with Crippen LogP contribution in [-0.4, -0.2) is 8.75 Å². The van der Waals surface area contributed by atoms with Gasteiger partial charge in [0.2, 0.25) is 0 Å². The van der Waals surface area contributed by atoms with Crippen molar-refractivity contribution in [3.63, 3.8) is 0 Å². The van der Waals surface area contributed by atoms with E-state index in [1.807, 2.05) is 18.2 Å². The fourth-order valence-corrected chi connectivity index (χ4v) is 2.50. The predicted octanol–water partition coefficient (Wildman–Crippen LogP) is 3.96. The molecule has 0 aliphatic rings. The Morgan fingerprint density at radius 2 is 2.11 bits per heavy atom. The van der Waals surface area contributed by atoms with E-state index < -0.39 is 0 Å². The number of aromatic nitrogens is 2. The number of fused-ring (bicyclic) bond motifs is 1. The molecule has 3 rings (SSSR count). The zero-order chi connectivity index (χ0) is 13.2. The third-order valence-corrected chi connectivity index (χ3v) is 3.50. The van der Waals surface area contributed by atoms with E-state index >= 15 is 0 Å². The number of nitrogens with zero attached hydrogens (tertiary/aromatic N) is 3. The first-order chi connectivity index (χ1) is 9.28. The molecule has 3 aromatic rings. The highest BCUT2D eigenvalue weighted by atomic mass is 35.5. The summed E-state index contributed by atoms with van der Waals surface area (Å²) in [4.78, 5) is 0. The molecule has 2 aromatic carbocycles. The summed E-state index contributed by atoms with van der Waals surface area (Å²) in [5.74, 6) is 0. The van der Waals surface area contributed by atoms with Crippen LogP contribution in [0.25, 0.3) is 11.0 Å². The lowest BCUT2D eigenvalue weighted by molar-refractivity contribution is 1.47. The highest BCUT2D eigenvalue weighted by Crippen LogP contribution is 2.32. The summed E-state index contributed by atoms with van der Waals surface area (Å²) >= 11 is 7.34. The van der Waals surface area contributed by atoms with Crippen LogP contribution < -0.4 is 5.32 Å². The summed E-state index contributed by atoms with van der Waals surface area (Å²) in [5, 5.41) is 12.7. The monoisotopic (exact) mass is 286 g/mol. The Labute approximate surface area is 118 Å². The molecule has 0 aliphatic carbocycles. The Morgan fingerprint density at radius 3 is 2.95 bits per heavy atom. The second-order valence-corrected chi connectivity index (χ2v) is 4.81. The smallest absolute Gasteiger partial charge is 0.129 e. The van der Waals surface area contributed by atoms with E-state index in [0.29, 0.717) is 16.3 Å². The number of rotatable bonds is 2. The van der Waals surface area contributed by atoms with Gasteiger partial charge in [-0.25, -0.2) is 0 Å². The van der Waals surface area contributed by atoms with Crippen LogP contribution in [0.1, 0.15) is 5.56 Å². The average Bonchev–Trinajstić information content (AvgIpc) is 2.91. The zero-order valence-corrected chi connectivity index (χ0v) is 11.2. The molecule has 0 aliphatic heterocycles. The molecule has 0 fully saturated rings. The van der Waals surface area contributed by atoms with Crippen LogP contribution in [0, 0.1) is 11.3 Å². The Morgan fingerprint density at radius 1 is 1.21 bits per heavy atom. The first kappa shape index (κ1) is 11.9. The number of benzene rings is 2. The molecule has 0 spiro atoms. The minimum atomic E-state index is 0.572. The van der Waals surface area contributed by atoms with Crippen molar-refractivity contribution in [1.82, 2.24) is 8.75 Å². The summed E-state index contributed by atoms with van der Waals surface area (Å²) in [5.41, 5.74) is 3.63. The van der Waals surface area contributed by atoms with E-state index in [2.05, 4.69) is 20.1 Å². The Hall–Kier alpha value is -2.16. The van der Waals surface area contributed by atoms with Gasteiger partial charge < -0.3 is 5.32 Å². The van der Waals surface area contributed by atoms with E-state index in [-0.39, 0.29) is 0 Å². The lowest BCUT2D eigenvalue weighted by Crippen LogP contribution is -1.93. The summed E-state index contributed by atoms with van der Waals surface area (Å²) in [7, 11) is 0. The summed E-state index contributed by atoms with van der Waals surface area (Å²) < 4.78 is 8.41. The van der Waals surface area contributed by atoms with Crippen LogP contribution in [0.5, 0.6) is 0 Å². The third-order valence-electron chi connectivity index (χ3n) is 2.64. The van der Waals surface area contributed by atoms with Crippen molar-refractivity contribution < 1.29 is 0 Å². The molecule has 0 atom stereocenters. The lowest BCUT2D eigenvalue weighted by Gasteiger charge is -2.08. The van der Waals surface area contributed by atoms with Gasteiger partial charge in [-0.15, -0.1) is 0 Å². The maximum Gasteiger partial charge on any atom is 0.129 e. The standard InChI is InChI=1S/C13H7ClN4S/c14-10-4-5-11-13(18-19-17-11)12(10)16-9-3-1-2-8(6-9)7-15/h1-6,16H. The first-order valence-electron chi connectivity index (χ1n) is 5.46. The molecule has 0 saturated carbocycles. The van der Waals surface area contributed by atoms with E-state index in [9.17, 15) is 0 Å².